The number of nitro benzene ring substituents is 1. The number of hydrogen-bond donors (Lipinski definition) is 0. The molecule has 1 aliphatic heterocycles. The first-order valence-electron chi connectivity index (χ1n) is 9.70. The van der Waals surface area contributed by atoms with Crippen molar-refractivity contribution < 1.29 is 32.4 Å². The van der Waals surface area contributed by atoms with Gasteiger partial charge in [-0.2, -0.15) is 13.2 Å². The molecule has 7 nitrogen and oxygen atoms in total. The molecule has 35 heavy (non-hydrogen) atoms. The van der Waals surface area contributed by atoms with Gasteiger partial charge < -0.3 is 4.74 Å². The summed E-state index contributed by atoms with van der Waals surface area (Å²) >= 11 is 6.60. The third-order valence-corrected chi connectivity index (χ3v) is 5.89. The van der Waals surface area contributed by atoms with Crippen LogP contribution in [0.4, 0.5) is 29.3 Å². The molecule has 0 atom stereocenters. The second-order valence-electron chi connectivity index (χ2n) is 7.10. The van der Waals surface area contributed by atoms with E-state index in [1.807, 2.05) is 0 Å². The molecule has 1 aliphatic rings. The van der Waals surface area contributed by atoms with Gasteiger partial charge in [-0.25, -0.2) is 4.90 Å². The average Bonchev–Trinajstić information content (AvgIpc) is 3.08. The predicted molar refractivity (Wildman–Crippen MR) is 125 cm³/mol. The maximum absolute atomic E-state index is 12.9. The first-order valence-corrected chi connectivity index (χ1v) is 10.9. The number of nitrogens with zero attached hydrogens (tertiary/aromatic N) is 2. The van der Waals surface area contributed by atoms with Crippen LogP contribution in [0.3, 0.4) is 0 Å². The SMILES string of the molecule is O=C1S/C(=C/c2ccc(Oc3ccc(C(F)(F)F)cc3[N+](=O)[O-])cc2)C(=O)N1c1ccc(Cl)cc1. The van der Waals surface area contributed by atoms with Crippen molar-refractivity contribution in [3.05, 3.63) is 97.9 Å². The van der Waals surface area contributed by atoms with Crippen molar-refractivity contribution in [3.8, 4) is 11.5 Å². The predicted octanol–water partition coefficient (Wildman–Crippen LogP) is 7.30. The lowest BCUT2D eigenvalue weighted by atomic mass is 10.1. The van der Waals surface area contributed by atoms with E-state index in [4.69, 9.17) is 16.3 Å². The van der Waals surface area contributed by atoms with E-state index in [-0.39, 0.29) is 16.4 Å². The molecule has 1 heterocycles. The van der Waals surface area contributed by atoms with E-state index in [1.54, 1.807) is 24.3 Å². The molecule has 0 aromatic heterocycles. The second-order valence-corrected chi connectivity index (χ2v) is 8.53. The summed E-state index contributed by atoms with van der Waals surface area (Å²) in [6.07, 6.45) is -3.25. The number of benzene rings is 3. The van der Waals surface area contributed by atoms with Crippen molar-refractivity contribution in [2.45, 2.75) is 6.18 Å². The Morgan fingerprint density at radius 1 is 1.00 bits per heavy atom. The van der Waals surface area contributed by atoms with E-state index in [9.17, 15) is 32.9 Å². The lowest BCUT2D eigenvalue weighted by molar-refractivity contribution is -0.385. The fourth-order valence-corrected chi connectivity index (χ4v) is 4.08. The number of imide groups is 1. The number of nitro groups is 1. The van der Waals surface area contributed by atoms with Crippen molar-refractivity contribution >= 4 is 52.0 Å². The number of anilines is 1. The van der Waals surface area contributed by atoms with Gasteiger partial charge in [-0.15, -0.1) is 0 Å². The summed E-state index contributed by atoms with van der Waals surface area (Å²) in [6, 6.07) is 14.1. The minimum Gasteiger partial charge on any atom is -0.450 e. The van der Waals surface area contributed by atoms with Crippen molar-refractivity contribution in [1.82, 2.24) is 0 Å². The van der Waals surface area contributed by atoms with Gasteiger partial charge in [0.1, 0.15) is 5.75 Å². The zero-order valence-electron chi connectivity index (χ0n) is 17.3. The summed E-state index contributed by atoms with van der Waals surface area (Å²) in [7, 11) is 0. The molecule has 0 radical (unpaired) electrons. The summed E-state index contributed by atoms with van der Waals surface area (Å²) in [4.78, 5) is 36.5. The lowest BCUT2D eigenvalue weighted by Crippen LogP contribution is -2.27. The van der Waals surface area contributed by atoms with E-state index >= 15 is 0 Å². The summed E-state index contributed by atoms with van der Waals surface area (Å²) in [6.45, 7) is 0. The molecular weight excluding hydrogens is 509 g/mol. The Bertz CT molecular complexity index is 1360. The number of hydrogen-bond acceptors (Lipinski definition) is 6. The standard InChI is InChI=1S/C23H12ClF3N2O5S/c24-15-4-6-16(7-5-15)28-21(30)20(35-22(28)31)11-13-1-8-17(9-2-13)34-19-10-3-14(23(25,26)27)12-18(19)29(32)33/h1-12H/b20-11+. The molecule has 12 heteroatoms. The van der Waals surface area contributed by atoms with E-state index in [0.29, 0.717) is 28.4 Å². The number of thioether (sulfide) groups is 1. The van der Waals surface area contributed by atoms with Crippen LogP contribution in [0.2, 0.25) is 5.02 Å². The van der Waals surface area contributed by atoms with Gasteiger partial charge in [0.25, 0.3) is 11.1 Å². The molecule has 0 aliphatic carbocycles. The van der Waals surface area contributed by atoms with E-state index in [1.165, 1.54) is 30.3 Å². The van der Waals surface area contributed by atoms with Crippen molar-refractivity contribution in [2.24, 2.45) is 0 Å². The maximum Gasteiger partial charge on any atom is 0.416 e. The van der Waals surface area contributed by atoms with Crippen LogP contribution < -0.4 is 9.64 Å². The zero-order chi connectivity index (χ0) is 25.3. The van der Waals surface area contributed by atoms with Crippen LogP contribution >= 0.6 is 23.4 Å². The minimum atomic E-state index is -4.74. The smallest absolute Gasteiger partial charge is 0.416 e. The molecule has 178 valence electrons. The third-order valence-electron chi connectivity index (χ3n) is 4.77. The van der Waals surface area contributed by atoms with Crippen LogP contribution in [-0.2, 0) is 11.0 Å². The summed E-state index contributed by atoms with van der Waals surface area (Å²) < 4.78 is 44.0. The molecular formula is C23H12ClF3N2O5S. The molecule has 0 spiro atoms. The zero-order valence-corrected chi connectivity index (χ0v) is 18.9. The normalized spacial score (nSPS) is 15.1. The molecule has 2 amide bonds. The van der Waals surface area contributed by atoms with Gasteiger partial charge in [0.15, 0.2) is 0 Å². The van der Waals surface area contributed by atoms with Crippen molar-refractivity contribution in [1.29, 1.82) is 0 Å². The number of rotatable bonds is 5. The second kappa shape index (κ2) is 9.43. The molecule has 1 saturated heterocycles. The number of carbonyl (C=O) groups excluding carboxylic acids is 2. The number of carbonyl (C=O) groups is 2. The van der Waals surface area contributed by atoms with Gasteiger partial charge in [-0.1, -0.05) is 23.7 Å². The van der Waals surface area contributed by atoms with Crippen LogP contribution in [0.1, 0.15) is 11.1 Å². The Kier molecular flexibility index (Phi) is 6.55. The quantitative estimate of drug-likeness (QED) is 0.199. The topological polar surface area (TPSA) is 89.7 Å². The van der Waals surface area contributed by atoms with Gasteiger partial charge in [-0.3, -0.25) is 19.7 Å². The summed E-state index contributed by atoms with van der Waals surface area (Å²) in [5.41, 5.74) is -1.10. The van der Waals surface area contributed by atoms with E-state index in [2.05, 4.69) is 0 Å². The molecule has 1 fully saturated rings. The highest BCUT2D eigenvalue weighted by Crippen LogP contribution is 2.39. The van der Waals surface area contributed by atoms with Gasteiger partial charge in [0.05, 0.1) is 21.1 Å². The Balaban J connectivity index is 1.53. The van der Waals surface area contributed by atoms with Gasteiger partial charge in [0.2, 0.25) is 5.75 Å². The summed E-state index contributed by atoms with van der Waals surface area (Å²) in [5.74, 6) is -0.748. The number of halogens is 4. The monoisotopic (exact) mass is 520 g/mol. The maximum atomic E-state index is 12.9. The van der Waals surface area contributed by atoms with Crippen molar-refractivity contribution in [3.63, 3.8) is 0 Å². The largest absolute Gasteiger partial charge is 0.450 e. The molecule has 4 rings (SSSR count). The molecule has 0 unspecified atom stereocenters. The molecule has 3 aromatic rings. The van der Waals surface area contributed by atoms with Crippen LogP contribution in [0.15, 0.2) is 71.6 Å². The Morgan fingerprint density at radius 2 is 1.66 bits per heavy atom. The Labute approximate surface area is 204 Å². The van der Waals surface area contributed by atoms with Crippen LogP contribution in [0.5, 0.6) is 11.5 Å². The fourth-order valence-electron chi connectivity index (χ4n) is 3.11. The van der Waals surface area contributed by atoms with Crippen LogP contribution in [0.25, 0.3) is 6.08 Å². The average molecular weight is 521 g/mol. The first kappa shape index (κ1) is 24.3. The lowest BCUT2D eigenvalue weighted by Gasteiger charge is -2.12. The number of ether oxygens (including phenoxy) is 1. The number of amides is 2. The van der Waals surface area contributed by atoms with Crippen molar-refractivity contribution in [2.75, 3.05) is 4.90 Å². The Hall–Kier alpha value is -3.83. The summed E-state index contributed by atoms with van der Waals surface area (Å²) in [5, 5.41) is 11.2. The van der Waals surface area contributed by atoms with E-state index < -0.39 is 33.5 Å². The third kappa shape index (κ3) is 5.31. The molecule has 0 saturated carbocycles. The van der Waals surface area contributed by atoms with Crippen LogP contribution in [-0.4, -0.2) is 16.1 Å². The van der Waals surface area contributed by atoms with Gasteiger partial charge in [0, 0.05) is 11.1 Å². The Morgan fingerprint density at radius 3 is 2.26 bits per heavy atom. The number of alkyl halides is 3. The van der Waals surface area contributed by atoms with E-state index in [0.717, 1.165) is 22.7 Å². The highest BCUT2D eigenvalue weighted by atomic mass is 35.5. The highest BCUT2D eigenvalue weighted by molar-refractivity contribution is 8.19. The van der Waals surface area contributed by atoms with Gasteiger partial charge in [-0.05, 0) is 71.9 Å². The fraction of sp³-hybridized carbons (Fsp3) is 0.0435. The first-order chi connectivity index (χ1) is 16.5. The minimum absolute atomic E-state index is 0.124. The van der Waals surface area contributed by atoms with Crippen LogP contribution in [0, 0.1) is 10.1 Å². The highest BCUT2D eigenvalue weighted by Gasteiger charge is 2.36. The van der Waals surface area contributed by atoms with Gasteiger partial charge >= 0.3 is 11.9 Å². The molecule has 3 aromatic carbocycles. The molecule has 0 N–H and O–H groups in total. The molecule has 0 bridgehead atoms.